The molecule has 2 aromatic carbocycles. The van der Waals surface area contributed by atoms with Crippen LogP contribution >= 0.6 is 0 Å². The fourth-order valence-electron chi connectivity index (χ4n) is 3.23. The monoisotopic (exact) mass is 373 g/mol. The van der Waals surface area contributed by atoms with Crippen LogP contribution in [0.2, 0.25) is 0 Å². The summed E-state index contributed by atoms with van der Waals surface area (Å²) in [6.45, 7) is -0.466. The third-order valence-corrected chi connectivity index (χ3v) is 4.82. The maximum absolute atomic E-state index is 11.8. The quantitative estimate of drug-likeness (QED) is 0.523. The van der Waals surface area contributed by atoms with Crippen molar-refractivity contribution >= 4 is 5.91 Å². The Balaban J connectivity index is 1.84. The molecule has 1 heterocycles. The molecule has 27 heavy (non-hydrogen) atoms. The zero-order valence-corrected chi connectivity index (χ0v) is 14.8. The number of aliphatic hydroxyl groups is 4. The maximum Gasteiger partial charge on any atom is 0.251 e. The van der Waals surface area contributed by atoms with Gasteiger partial charge in [0.2, 0.25) is 0 Å². The number of carbonyl (C=O) groups is 1. The second-order valence-corrected chi connectivity index (χ2v) is 6.53. The number of rotatable bonds is 4. The Bertz CT molecular complexity index is 791. The van der Waals surface area contributed by atoms with Crippen molar-refractivity contribution in [2.24, 2.45) is 0 Å². The summed E-state index contributed by atoms with van der Waals surface area (Å²) in [6.07, 6.45) is -5.92. The first-order chi connectivity index (χ1) is 13.0. The smallest absolute Gasteiger partial charge is 0.251 e. The van der Waals surface area contributed by atoms with Crippen LogP contribution in [0.4, 0.5) is 0 Å². The molecule has 0 aliphatic carbocycles. The van der Waals surface area contributed by atoms with Gasteiger partial charge in [0.05, 0.1) is 6.61 Å². The molecule has 5 N–H and O–H groups in total. The van der Waals surface area contributed by atoms with E-state index in [1.165, 1.54) is 0 Å². The molecular formula is C20H23NO6. The van der Waals surface area contributed by atoms with E-state index in [4.69, 9.17) is 4.74 Å². The molecule has 1 saturated heterocycles. The van der Waals surface area contributed by atoms with Crippen molar-refractivity contribution in [3.05, 3.63) is 59.7 Å². The van der Waals surface area contributed by atoms with Crippen molar-refractivity contribution in [3.63, 3.8) is 0 Å². The van der Waals surface area contributed by atoms with E-state index in [0.29, 0.717) is 11.1 Å². The fraction of sp³-hybridized carbons (Fsp3) is 0.350. The number of benzene rings is 2. The van der Waals surface area contributed by atoms with E-state index in [9.17, 15) is 25.2 Å². The van der Waals surface area contributed by atoms with Gasteiger partial charge >= 0.3 is 0 Å². The molecule has 1 aliphatic heterocycles. The van der Waals surface area contributed by atoms with Gasteiger partial charge in [0.25, 0.3) is 5.91 Å². The lowest BCUT2D eigenvalue weighted by Crippen LogP contribution is -2.55. The average molecular weight is 373 g/mol. The Kier molecular flexibility index (Phi) is 5.88. The van der Waals surface area contributed by atoms with Gasteiger partial charge in [0.15, 0.2) is 0 Å². The van der Waals surface area contributed by atoms with Crippen LogP contribution in [-0.4, -0.2) is 64.4 Å². The molecule has 0 saturated carbocycles. The summed E-state index contributed by atoms with van der Waals surface area (Å²) in [4.78, 5) is 11.8. The van der Waals surface area contributed by atoms with Crippen LogP contribution in [0, 0.1) is 0 Å². The molecule has 0 unspecified atom stereocenters. The minimum Gasteiger partial charge on any atom is -0.394 e. The average Bonchev–Trinajstić information content (AvgIpc) is 2.72. The lowest BCUT2D eigenvalue weighted by Gasteiger charge is -2.40. The lowest BCUT2D eigenvalue weighted by atomic mass is 9.90. The van der Waals surface area contributed by atoms with Gasteiger partial charge in [-0.05, 0) is 28.8 Å². The summed E-state index contributed by atoms with van der Waals surface area (Å²) in [5.41, 5.74) is 2.89. The van der Waals surface area contributed by atoms with E-state index in [-0.39, 0.29) is 5.91 Å². The van der Waals surface area contributed by atoms with Crippen LogP contribution in [0.1, 0.15) is 22.0 Å². The molecule has 0 radical (unpaired) electrons. The molecule has 0 bridgehead atoms. The van der Waals surface area contributed by atoms with Crippen molar-refractivity contribution in [1.82, 2.24) is 5.32 Å². The summed E-state index contributed by atoms with van der Waals surface area (Å²) in [6, 6.07) is 14.3. The summed E-state index contributed by atoms with van der Waals surface area (Å²) < 4.78 is 5.56. The van der Waals surface area contributed by atoms with E-state index in [0.717, 1.165) is 11.1 Å². The van der Waals surface area contributed by atoms with Crippen molar-refractivity contribution < 1.29 is 30.0 Å². The number of ether oxygens (including phenoxy) is 1. The zero-order valence-electron chi connectivity index (χ0n) is 14.8. The molecule has 2 aromatic rings. The molecule has 0 aromatic heterocycles. The van der Waals surface area contributed by atoms with Gasteiger partial charge < -0.3 is 30.5 Å². The minimum atomic E-state index is -1.41. The Morgan fingerprint density at radius 3 is 2.33 bits per heavy atom. The highest BCUT2D eigenvalue weighted by Crippen LogP contribution is 2.33. The number of aliphatic hydroxyl groups excluding tert-OH is 4. The third kappa shape index (κ3) is 3.87. The number of hydrogen-bond donors (Lipinski definition) is 5. The number of nitrogens with one attached hydrogen (secondary N) is 1. The Morgan fingerprint density at radius 1 is 1.00 bits per heavy atom. The van der Waals surface area contributed by atoms with Gasteiger partial charge in [0.1, 0.15) is 30.5 Å². The standard InChI is InChI=1S/C20H23NO6/c1-21-20(26)14-4-2-3-13(9-14)11-5-7-12(8-6-11)19-18(25)17(24)16(23)15(10-22)27-19/h2-9,15-19,22-25H,10H2,1H3,(H,21,26)/t15-,16+,17+,18+,19-/m1/s1. The van der Waals surface area contributed by atoms with Crippen molar-refractivity contribution in [2.75, 3.05) is 13.7 Å². The summed E-state index contributed by atoms with van der Waals surface area (Å²) in [5, 5.41) is 41.9. The van der Waals surface area contributed by atoms with E-state index >= 15 is 0 Å². The molecule has 1 fully saturated rings. The highest BCUT2D eigenvalue weighted by Gasteiger charge is 2.43. The molecule has 1 amide bonds. The molecule has 7 heteroatoms. The predicted molar refractivity (Wildman–Crippen MR) is 98.0 cm³/mol. The van der Waals surface area contributed by atoms with E-state index < -0.39 is 37.1 Å². The van der Waals surface area contributed by atoms with E-state index in [1.807, 2.05) is 18.2 Å². The summed E-state index contributed by atoms with van der Waals surface area (Å²) in [5.74, 6) is -0.171. The predicted octanol–water partition coefficient (Wildman–Crippen LogP) is 0.228. The largest absolute Gasteiger partial charge is 0.394 e. The lowest BCUT2D eigenvalue weighted by molar-refractivity contribution is -0.231. The molecule has 3 rings (SSSR count). The first-order valence-corrected chi connectivity index (χ1v) is 8.69. The Labute approximate surface area is 156 Å². The van der Waals surface area contributed by atoms with E-state index in [1.54, 1.807) is 37.4 Å². The number of carbonyl (C=O) groups excluding carboxylic acids is 1. The van der Waals surface area contributed by atoms with Crippen molar-refractivity contribution in [2.45, 2.75) is 30.5 Å². The fourth-order valence-corrected chi connectivity index (χ4v) is 3.23. The van der Waals surface area contributed by atoms with Crippen LogP contribution in [0.15, 0.2) is 48.5 Å². The molecule has 0 spiro atoms. The zero-order chi connectivity index (χ0) is 19.6. The highest BCUT2D eigenvalue weighted by molar-refractivity contribution is 5.95. The third-order valence-electron chi connectivity index (χ3n) is 4.82. The molecular weight excluding hydrogens is 350 g/mol. The number of hydrogen-bond acceptors (Lipinski definition) is 6. The molecule has 1 aliphatic rings. The normalized spacial score (nSPS) is 28.0. The van der Waals surface area contributed by atoms with Crippen LogP contribution < -0.4 is 5.32 Å². The van der Waals surface area contributed by atoms with Crippen LogP contribution in [-0.2, 0) is 4.74 Å². The van der Waals surface area contributed by atoms with Gasteiger partial charge in [-0.15, -0.1) is 0 Å². The van der Waals surface area contributed by atoms with Gasteiger partial charge in [-0.2, -0.15) is 0 Å². The second-order valence-electron chi connectivity index (χ2n) is 6.53. The maximum atomic E-state index is 11.8. The Morgan fingerprint density at radius 2 is 1.70 bits per heavy atom. The second kappa shape index (κ2) is 8.16. The van der Waals surface area contributed by atoms with E-state index in [2.05, 4.69) is 5.32 Å². The van der Waals surface area contributed by atoms with Crippen molar-refractivity contribution in [3.8, 4) is 11.1 Å². The van der Waals surface area contributed by atoms with Gasteiger partial charge in [-0.3, -0.25) is 4.79 Å². The minimum absolute atomic E-state index is 0.171. The van der Waals surface area contributed by atoms with Crippen LogP contribution in [0.5, 0.6) is 0 Å². The first-order valence-electron chi connectivity index (χ1n) is 8.69. The van der Waals surface area contributed by atoms with Gasteiger partial charge in [-0.25, -0.2) is 0 Å². The number of amides is 1. The SMILES string of the molecule is CNC(=O)c1cccc(-c2ccc([C@H]3O[C@H](CO)[C@H](O)[C@H](O)[C@@H]3O)cc2)c1. The van der Waals surface area contributed by atoms with Crippen LogP contribution in [0.3, 0.4) is 0 Å². The molecule has 144 valence electrons. The summed E-state index contributed by atoms with van der Waals surface area (Å²) in [7, 11) is 1.57. The first kappa shape index (κ1) is 19.5. The van der Waals surface area contributed by atoms with Crippen molar-refractivity contribution in [1.29, 1.82) is 0 Å². The summed E-state index contributed by atoms with van der Waals surface area (Å²) >= 11 is 0. The topological polar surface area (TPSA) is 119 Å². The molecule has 7 nitrogen and oxygen atoms in total. The van der Waals surface area contributed by atoms with Crippen LogP contribution in [0.25, 0.3) is 11.1 Å². The Hall–Kier alpha value is -2.29. The van der Waals surface area contributed by atoms with Gasteiger partial charge in [-0.1, -0.05) is 36.4 Å². The van der Waals surface area contributed by atoms with Gasteiger partial charge in [0, 0.05) is 12.6 Å². The molecule has 5 atom stereocenters. The highest BCUT2D eigenvalue weighted by atomic mass is 16.5.